The molecule has 0 saturated carbocycles. The highest BCUT2D eigenvalue weighted by Gasteiger charge is 2.26. The first kappa shape index (κ1) is 16.9. The zero-order valence-corrected chi connectivity index (χ0v) is 14.0. The highest BCUT2D eigenvalue weighted by atomic mass is 16.6. The second kappa shape index (κ2) is 7.32. The molecule has 5 nitrogen and oxygen atoms in total. The molecular weight excluding hydrogens is 320 g/mol. The van der Waals surface area contributed by atoms with Crippen molar-refractivity contribution in [3.63, 3.8) is 0 Å². The number of hydrogen-bond donors (Lipinski definition) is 0. The lowest BCUT2D eigenvalue weighted by Crippen LogP contribution is -2.24. The smallest absolute Gasteiger partial charge is 0.375 e. The van der Waals surface area contributed by atoms with Gasteiger partial charge in [-0.1, -0.05) is 48.5 Å². The number of para-hydroxylation sites is 1. The van der Waals surface area contributed by atoms with Crippen molar-refractivity contribution in [1.29, 1.82) is 0 Å². The number of ketones is 1. The summed E-state index contributed by atoms with van der Waals surface area (Å²) >= 11 is 0. The Morgan fingerprint density at radius 2 is 1.72 bits per heavy atom. The van der Waals surface area contributed by atoms with Crippen molar-refractivity contribution in [1.82, 2.24) is 0 Å². The molecule has 0 aliphatic carbocycles. The Hall–Kier alpha value is -2.92. The number of furan rings is 1. The predicted octanol–water partition coefficient (Wildman–Crippen LogP) is 4.01. The van der Waals surface area contributed by atoms with Gasteiger partial charge in [0.05, 0.1) is 6.61 Å². The third-order valence-electron chi connectivity index (χ3n) is 3.88. The van der Waals surface area contributed by atoms with Crippen molar-refractivity contribution >= 4 is 22.7 Å². The summed E-state index contributed by atoms with van der Waals surface area (Å²) in [5.41, 5.74) is 1.68. The molecule has 1 unspecified atom stereocenters. The molecule has 1 heterocycles. The third-order valence-corrected chi connectivity index (χ3v) is 3.88. The van der Waals surface area contributed by atoms with Gasteiger partial charge in [0.1, 0.15) is 5.58 Å². The zero-order chi connectivity index (χ0) is 17.8. The van der Waals surface area contributed by atoms with Gasteiger partial charge in [0.15, 0.2) is 6.10 Å². The summed E-state index contributed by atoms with van der Waals surface area (Å²) in [4.78, 5) is 24.9. The summed E-state index contributed by atoms with van der Waals surface area (Å²) in [5.74, 6) is -0.880. The van der Waals surface area contributed by atoms with E-state index < -0.39 is 12.1 Å². The van der Waals surface area contributed by atoms with Gasteiger partial charge in [0, 0.05) is 23.6 Å². The number of rotatable bonds is 6. The Morgan fingerprint density at radius 1 is 1.04 bits per heavy atom. The second-order valence-electron chi connectivity index (χ2n) is 5.62. The number of carbonyl (C=O) groups excluding carboxylic acids is 2. The van der Waals surface area contributed by atoms with E-state index in [-0.39, 0.29) is 18.2 Å². The van der Waals surface area contributed by atoms with Gasteiger partial charge in [0.25, 0.3) is 0 Å². The minimum Gasteiger partial charge on any atom is -0.449 e. The molecule has 1 atom stereocenters. The van der Waals surface area contributed by atoms with E-state index in [0.717, 1.165) is 5.39 Å². The van der Waals surface area contributed by atoms with Gasteiger partial charge in [-0.15, -0.1) is 0 Å². The van der Waals surface area contributed by atoms with Crippen molar-refractivity contribution in [2.75, 3.05) is 7.11 Å². The van der Waals surface area contributed by atoms with Crippen LogP contribution in [0.2, 0.25) is 0 Å². The lowest BCUT2D eigenvalue weighted by atomic mass is 10.1. The molecule has 0 spiro atoms. The second-order valence-corrected chi connectivity index (χ2v) is 5.62. The van der Waals surface area contributed by atoms with Crippen molar-refractivity contribution in [3.05, 3.63) is 71.5 Å². The Bertz CT molecular complexity index is 895. The van der Waals surface area contributed by atoms with Gasteiger partial charge in [0.2, 0.25) is 11.5 Å². The van der Waals surface area contributed by atoms with Gasteiger partial charge < -0.3 is 13.9 Å². The molecule has 0 radical (unpaired) electrons. The van der Waals surface area contributed by atoms with Crippen molar-refractivity contribution in [2.24, 2.45) is 0 Å². The van der Waals surface area contributed by atoms with Gasteiger partial charge in [-0.3, -0.25) is 4.79 Å². The molecule has 25 heavy (non-hydrogen) atoms. The van der Waals surface area contributed by atoms with Crippen molar-refractivity contribution < 1.29 is 23.5 Å². The van der Waals surface area contributed by atoms with Crippen LogP contribution < -0.4 is 0 Å². The van der Waals surface area contributed by atoms with E-state index in [2.05, 4.69) is 0 Å². The van der Waals surface area contributed by atoms with Gasteiger partial charge >= 0.3 is 5.97 Å². The average Bonchev–Trinajstić information content (AvgIpc) is 3.01. The molecule has 0 N–H and O–H groups in total. The topological polar surface area (TPSA) is 65.7 Å². The summed E-state index contributed by atoms with van der Waals surface area (Å²) in [7, 11) is 1.54. The van der Waals surface area contributed by atoms with E-state index in [4.69, 9.17) is 13.9 Å². The number of esters is 1. The Morgan fingerprint density at radius 3 is 2.44 bits per heavy atom. The highest BCUT2D eigenvalue weighted by molar-refractivity contribution is 6.02. The van der Waals surface area contributed by atoms with E-state index in [1.807, 2.05) is 24.3 Å². The molecule has 3 rings (SSSR count). The first-order valence-corrected chi connectivity index (χ1v) is 7.91. The van der Waals surface area contributed by atoms with Crippen LogP contribution in [-0.4, -0.2) is 25.0 Å². The maximum absolute atomic E-state index is 12.5. The van der Waals surface area contributed by atoms with Crippen LogP contribution in [0.25, 0.3) is 11.0 Å². The van der Waals surface area contributed by atoms with Crippen molar-refractivity contribution in [3.8, 4) is 0 Å². The van der Waals surface area contributed by atoms with Crippen LogP contribution in [0.15, 0.2) is 59.0 Å². The standard InChI is InChI=1S/C20H18O5/c1-13(18(21)14-8-4-3-5-9-14)24-20(22)19-16(12-23-2)15-10-6-7-11-17(15)25-19/h3-11,13H,12H2,1-2H3. The van der Waals surface area contributed by atoms with Crippen LogP contribution in [0.3, 0.4) is 0 Å². The Balaban J connectivity index is 1.84. The fourth-order valence-electron chi connectivity index (χ4n) is 2.66. The van der Waals surface area contributed by atoms with E-state index in [9.17, 15) is 9.59 Å². The monoisotopic (exact) mass is 338 g/mol. The van der Waals surface area contributed by atoms with Gasteiger partial charge in [-0.05, 0) is 13.0 Å². The number of Topliss-reactive ketones (excluding diaryl/α,β-unsaturated/α-hetero) is 1. The first-order chi connectivity index (χ1) is 12.1. The quantitative estimate of drug-likeness (QED) is 0.502. The van der Waals surface area contributed by atoms with Crippen LogP contribution in [0.1, 0.15) is 33.4 Å². The molecule has 0 bridgehead atoms. The normalized spacial score (nSPS) is 12.1. The summed E-state index contributed by atoms with van der Waals surface area (Å²) in [6.45, 7) is 1.76. The number of carbonyl (C=O) groups is 2. The molecular formula is C20H18O5. The van der Waals surface area contributed by atoms with E-state index in [1.165, 1.54) is 0 Å². The SMILES string of the molecule is COCc1c(C(=O)OC(C)C(=O)c2ccccc2)oc2ccccc12. The lowest BCUT2D eigenvalue weighted by Gasteiger charge is -2.12. The van der Waals surface area contributed by atoms with Gasteiger partial charge in [-0.2, -0.15) is 0 Å². The molecule has 1 aromatic heterocycles. The van der Waals surface area contributed by atoms with Crippen LogP contribution in [0, 0.1) is 0 Å². The molecule has 0 amide bonds. The van der Waals surface area contributed by atoms with Crippen LogP contribution >= 0.6 is 0 Å². The molecule has 0 fully saturated rings. The maximum atomic E-state index is 12.5. The van der Waals surface area contributed by atoms with Gasteiger partial charge in [-0.25, -0.2) is 4.79 Å². The number of fused-ring (bicyclic) bond motifs is 1. The van der Waals surface area contributed by atoms with E-state index in [0.29, 0.717) is 16.7 Å². The molecule has 0 aliphatic rings. The summed E-state index contributed by atoms with van der Waals surface area (Å²) in [6.07, 6.45) is -0.918. The van der Waals surface area contributed by atoms with E-state index in [1.54, 1.807) is 44.4 Å². The minimum atomic E-state index is -0.918. The molecule has 5 heteroatoms. The Labute approximate surface area is 145 Å². The van der Waals surface area contributed by atoms with Crippen LogP contribution in [0.4, 0.5) is 0 Å². The Kier molecular flexibility index (Phi) is 4.95. The van der Waals surface area contributed by atoms with Crippen LogP contribution in [-0.2, 0) is 16.1 Å². The largest absolute Gasteiger partial charge is 0.449 e. The minimum absolute atomic E-state index is 0.0655. The fraction of sp³-hybridized carbons (Fsp3) is 0.200. The average molecular weight is 338 g/mol. The third kappa shape index (κ3) is 3.46. The number of hydrogen-bond acceptors (Lipinski definition) is 5. The molecule has 128 valence electrons. The number of benzene rings is 2. The number of methoxy groups -OCH3 is 1. The molecule has 0 saturated heterocycles. The lowest BCUT2D eigenvalue weighted by molar-refractivity contribution is 0.0286. The highest BCUT2D eigenvalue weighted by Crippen LogP contribution is 2.27. The molecule has 2 aromatic carbocycles. The predicted molar refractivity (Wildman–Crippen MR) is 92.6 cm³/mol. The molecule has 0 aliphatic heterocycles. The summed E-state index contributed by atoms with van der Waals surface area (Å²) in [6, 6.07) is 16.0. The maximum Gasteiger partial charge on any atom is 0.375 e. The molecule has 3 aromatic rings. The van der Waals surface area contributed by atoms with E-state index >= 15 is 0 Å². The summed E-state index contributed by atoms with van der Waals surface area (Å²) < 4.78 is 16.1. The summed E-state index contributed by atoms with van der Waals surface area (Å²) in [5, 5.41) is 0.790. The fourth-order valence-corrected chi connectivity index (χ4v) is 2.66. The van der Waals surface area contributed by atoms with Crippen LogP contribution in [0.5, 0.6) is 0 Å². The first-order valence-electron chi connectivity index (χ1n) is 7.91. The van der Waals surface area contributed by atoms with Crippen molar-refractivity contribution in [2.45, 2.75) is 19.6 Å². The zero-order valence-electron chi connectivity index (χ0n) is 14.0. The number of ether oxygens (including phenoxy) is 2.